The predicted molar refractivity (Wildman–Crippen MR) is 67.2 cm³/mol. The van der Waals surface area contributed by atoms with E-state index in [2.05, 4.69) is 17.4 Å². The first-order valence-corrected chi connectivity index (χ1v) is 6.36. The predicted octanol–water partition coefficient (Wildman–Crippen LogP) is 2.66. The molecule has 0 radical (unpaired) electrons. The topological polar surface area (TPSA) is 29.1 Å². The lowest BCUT2D eigenvalue weighted by atomic mass is 9.94. The zero-order valence-electron chi connectivity index (χ0n) is 9.86. The van der Waals surface area contributed by atoms with Crippen LogP contribution in [0.1, 0.15) is 24.8 Å². The van der Waals surface area contributed by atoms with Crippen molar-refractivity contribution in [3.8, 4) is 0 Å². The van der Waals surface area contributed by atoms with Gasteiger partial charge < -0.3 is 5.32 Å². The number of hydrogen-bond acceptors (Lipinski definition) is 2. The van der Waals surface area contributed by atoms with Crippen molar-refractivity contribution in [3.05, 3.63) is 47.7 Å². The molecular weight excluding hydrogens is 210 g/mol. The summed E-state index contributed by atoms with van der Waals surface area (Å²) in [7, 11) is 0. The Kier molecular flexibility index (Phi) is 2.71. The Hall–Kier alpha value is -1.57. The summed E-state index contributed by atoms with van der Waals surface area (Å²) in [5, 5.41) is 3.28. The number of benzene rings is 1. The monoisotopic (exact) mass is 227 g/mol. The molecule has 0 spiro atoms. The summed E-state index contributed by atoms with van der Waals surface area (Å²) in [6.07, 6.45) is 5.37. The SMILES string of the molecule is O=C1/C(=C\NCc2ccccc2)[C@H]2CC[C@@H]1C2. The Labute approximate surface area is 102 Å². The Morgan fingerprint density at radius 1 is 1.18 bits per heavy atom. The number of fused-ring (bicyclic) bond motifs is 2. The number of nitrogens with one attached hydrogen (secondary N) is 1. The summed E-state index contributed by atoms with van der Waals surface area (Å²) in [6, 6.07) is 10.3. The number of carbonyl (C=O) groups excluding carboxylic acids is 1. The van der Waals surface area contributed by atoms with E-state index in [1.807, 2.05) is 24.4 Å². The van der Waals surface area contributed by atoms with Crippen molar-refractivity contribution in [2.24, 2.45) is 11.8 Å². The van der Waals surface area contributed by atoms with Gasteiger partial charge in [-0.3, -0.25) is 4.79 Å². The summed E-state index contributed by atoms with van der Waals surface area (Å²) in [4.78, 5) is 11.9. The lowest BCUT2D eigenvalue weighted by Crippen LogP contribution is -2.16. The van der Waals surface area contributed by atoms with Crippen molar-refractivity contribution in [2.45, 2.75) is 25.8 Å². The zero-order valence-corrected chi connectivity index (χ0v) is 9.86. The van der Waals surface area contributed by atoms with Crippen LogP contribution in [-0.4, -0.2) is 5.78 Å². The second-order valence-electron chi connectivity index (χ2n) is 5.04. The first-order chi connectivity index (χ1) is 8.34. The Morgan fingerprint density at radius 3 is 2.65 bits per heavy atom. The number of rotatable bonds is 3. The van der Waals surface area contributed by atoms with Gasteiger partial charge in [0.15, 0.2) is 5.78 Å². The number of carbonyl (C=O) groups is 1. The van der Waals surface area contributed by atoms with Crippen LogP contribution >= 0.6 is 0 Å². The minimum atomic E-state index is 0.338. The summed E-state index contributed by atoms with van der Waals surface area (Å²) < 4.78 is 0. The van der Waals surface area contributed by atoms with Crippen molar-refractivity contribution in [1.82, 2.24) is 5.32 Å². The molecule has 17 heavy (non-hydrogen) atoms. The normalized spacial score (nSPS) is 28.9. The van der Waals surface area contributed by atoms with Gasteiger partial charge in [0, 0.05) is 24.2 Å². The average Bonchev–Trinajstić information content (AvgIpc) is 2.94. The van der Waals surface area contributed by atoms with Gasteiger partial charge in [-0.2, -0.15) is 0 Å². The van der Waals surface area contributed by atoms with E-state index in [-0.39, 0.29) is 0 Å². The van der Waals surface area contributed by atoms with E-state index in [1.165, 1.54) is 12.0 Å². The molecule has 0 unspecified atom stereocenters. The molecule has 2 aliphatic carbocycles. The molecule has 88 valence electrons. The molecule has 1 aromatic rings. The van der Waals surface area contributed by atoms with Crippen molar-refractivity contribution in [3.63, 3.8) is 0 Å². The summed E-state index contributed by atoms with van der Waals surface area (Å²) in [5.41, 5.74) is 2.29. The van der Waals surface area contributed by atoms with Crippen molar-refractivity contribution < 1.29 is 4.79 Å². The molecule has 2 saturated carbocycles. The smallest absolute Gasteiger partial charge is 0.163 e. The van der Waals surface area contributed by atoms with Gasteiger partial charge in [-0.15, -0.1) is 0 Å². The molecule has 1 aromatic carbocycles. The van der Waals surface area contributed by atoms with Gasteiger partial charge in [-0.25, -0.2) is 0 Å². The van der Waals surface area contributed by atoms with E-state index in [1.54, 1.807) is 0 Å². The minimum Gasteiger partial charge on any atom is -0.386 e. The standard InChI is InChI=1S/C15H17NO/c17-15-13-7-6-12(8-13)14(15)10-16-9-11-4-2-1-3-5-11/h1-5,10,12-13,16H,6-9H2/b14-10-/t12-,13+/m0/s1. The average molecular weight is 227 g/mol. The van der Waals surface area contributed by atoms with Gasteiger partial charge in [0.1, 0.15) is 0 Å². The molecule has 1 N–H and O–H groups in total. The van der Waals surface area contributed by atoms with Crippen LogP contribution in [-0.2, 0) is 11.3 Å². The first-order valence-electron chi connectivity index (χ1n) is 6.36. The number of hydrogen-bond donors (Lipinski definition) is 1. The van der Waals surface area contributed by atoms with Gasteiger partial charge >= 0.3 is 0 Å². The van der Waals surface area contributed by atoms with Crippen LogP contribution < -0.4 is 5.32 Å². The first kappa shape index (κ1) is 10.6. The molecular formula is C15H17NO. The number of ketones is 1. The van der Waals surface area contributed by atoms with Crippen LogP contribution in [0.3, 0.4) is 0 Å². The number of Topliss-reactive ketones (excluding diaryl/α,β-unsaturated/α-hetero) is 1. The van der Waals surface area contributed by atoms with Crippen LogP contribution in [0.15, 0.2) is 42.1 Å². The maximum atomic E-state index is 11.9. The summed E-state index contributed by atoms with van der Waals surface area (Å²) in [6.45, 7) is 0.801. The van der Waals surface area contributed by atoms with Gasteiger partial charge in [-0.05, 0) is 30.7 Å². The van der Waals surface area contributed by atoms with Crippen LogP contribution in [0.2, 0.25) is 0 Å². The fourth-order valence-corrected chi connectivity index (χ4v) is 3.00. The van der Waals surface area contributed by atoms with Crippen molar-refractivity contribution >= 4 is 5.78 Å². The van der Waals surface area contributed by atoms with E-state index >= 15 is 0 Å². The Morgan fingerprint density at radius 2 is 1.94 bits per heavy atom. The maximum Gasteiger partial charge on any atom is 0.163 e. The van der Waals surface area contributed by atoms with Crippen molar-refractivity contribution in [2.75, 3.05) is 0 Å². The number of allylic oxidation sites excluding steroid dienone is 1. The van der Waals surface area contributed by atoms with Gasteiger partial charge in [0.05, 0.1) is 0 Å². The van der Waals surface area contributed by atoms with E-state index in [0.29, 0.717) is 17.6 Å². The van der Waals surface area contributed by atoms with Gasteiger partial charge in [-0.1, -0.05) is 30.3 Å². The molecule has 0 aromatic heterocycles. The van der Waals surface area contributed by atoms with Crippen LogP contribution in [0, 0.1) is 11.8 Å². The fourth-order valence-electron chi connectivity index (χ4n) is 3.00. The molecule has 0 heterocycles. The highest BCUT2D eigenvalue weighted by molar-refractivity contribution is 6.00. The maximum absolute atomic E-state index is 11.9. The third-order valence-corrected chi connectivity index (χ3v) is 3.93. The minimum absolute atomic E-state index is 0.338. The second-order valence-corrected chi connectivity index (χ2v) is 5.04. The zero-order chi connectivity index (χ0) is 11.7. The molecule has 3 rings (SSSR count). The fraction of sp³-hybridized carbons (Fsp3) is 0.400. The van der Waals surface area contributed by atoms with E-state index < -0.39 is 0 Å². The molecule has 0 saturated heterocycles. The highest BCUT2D eigenvalue weighted by atomic mass is 16.1. The molecule has 2 bridgehead atoms. The van der Waals surface area contributed by atoms with E-state index in [9.17, 15) is 4.79 Å². The second kappa shape index (κ2) is 4.36. The quantitative estimate of drug-likeness (QED) is 0.804. The third-order valence-electron chi connectivity index (χ3n) is 3.93. The van der Waals surface area contributed by atoms with E-state index in [4.69, 9.17) is 0 Å². The van der Waals surface area contributed by atoms with Gasteiger partial charge in [0.25, 0.3) is 0 Å². The lowest BCUT2D eigenvalue weighted by molar-refractivity contribution is -0.118. The van der Waals surface area contributed by atoms with Crippen LogP contribution in [0.5, 0.6) is 0 Å². The largest absolute Gasteiger partial charge is 0.386 e. The molecule has 2 atom stereocenters. The molecule has 0 aliphatic heterocycles. The summed E-state index contributed by atoms with van der Waals surface area (Å²) >= 11 is 0. The van der Waals surface area contributed by atoms with Crippen LogP contribution in [0.4, 0.5) is 0 Å². The van der Waals surface area contributed by atoms with Crippen LogP contribution in [0.25, 0.3) is 0 Å². The molecule has 2 nitrogen and oxygen atoms in total. The highest BCUT2D eigenvalue weighted by Crippen LogP contribution is 2.45. The van der Waals surface area contributed by atoms with Crippen molar-refractivity contribution in [1.29, 1.82) is 0 Å². The summed E-state index contributed by atoms with van der Waals surface area (Å²) in [5.74, 6) is 1.27. The highest BCUT2D eigenvalue weighted by Gasteiger charge is 2.42. The Balaban J connectivity index is 1.62. The molecule has 2 fully saturated rings. The molecule has 2 aliphatic rings. The Bertz CT molecular complexity index is 449. The molecule has 2 heteroatoms. The molecule has 0 amide bonds. The third kappa shape index (κ3) is 1.99. The lowest BCUT2D eigenvalue weighted by Gasteiger charge is -2.12. The van der Waals surface area contributed by atoms with Gasteiger partial charge in [0.2, 0.25) is 0 Å². The van der Waals surface area contributed by atoms with E-state index in [0.717, 1.165) is 25.0 Å².